The molecule has 5 nitrogen and oxygen atoms in total. The Morgan fingerprint density at radius 2 is 2.05 bits per heavy atom. The molecule has 5 heteroatoms. The molecule has 2 rings (SSSR count). The molecule has 2 aromatic heterocycles. The maximum absolute atomic E-state index is 4.50. The molecule has 110 valence electrons. The fraction of sp³-hybridized carbons (Fsp3) is 0.600. The quantitative estimate of drug-likeness (QED) is 0.870. The van der Waals surface area contributed by atoms with E-state index < -0.39 is 0 Å². The van der Waals surface area contributed by atoms with Gasteiger partial charge in [0.25, 0.3) is 0 Å². The standard InChI is InChI=1S/C15H25N5/c1-11-15(12(2)20(5)18-11)8-14(16-3)7-6-13-9-17-19(4)10-13/h9-10,14,16H,6-8H2,1-5H3. The first-order valence-electron chi connectivity index (χ1n) is 7.15. The van der Waals surface area contributed by atoms with E-state index in [4.69, 9.17) is 0 Å². The summed E-state index contributed by atoms with van der Waals surface area (Å²) >= 11 is 0. The van der Waals surface area contributed by atoms with Crippen molar-refractivity contribution in [2.24, 2.45) is 14.1 Å². The Balaban J connectivity index is 1.98. The lowest BCUT2D eigenvalue weighted by atomic mass is 9.99. The van der Waals surface area contributed by atoms with Crippen molar-refractivity contribution < 1.29 is 0 Å². The van der Waals surface area contributed by atoms with Crippen LogP contribution in [0.4, 0.5) is 0 Å². The van der Waals surface area contributed by atoms with E-state index in [0.29, 0.717) is 6.04 Å². The zero-order valence-corrected chi connectivity index (χ0v) is 13.1. The third-order valence-corrected chi connectivity index (χ3v) is 4.06. The number of aromatic nitrogens is 4. The second-order valence-electron chi connectivity index (χ2n) is 5.52. The Bertz CT molecular complexity index is 567. The van der Waals surface area contributed by atoms with Crippen LogP contribution in [0.1, 0.15) is 28.9 Å². The third-order valence-electron chi connectivity index (χ3n) is 4.06. The molecule has 0 aliphatic heterocycles. The van der Waals surface area contributed by atoms with E-state index in [9.17, 15) is 0 Å². The van der Waals surface area contributed by atoms with Gasteiger partial charge in [-0.1, -0.05) is 0 Å². The van der Waals surface area contributed by atoms with Gasteiger partial charge in [0.2, 0.25) is 0 Å². The number of nitrogens with one attached hydrogen (secondary N) is 1. The van der Waals surface area contributed by atoms with Gasteiger partial charge in [0, 0.05) is 32.0 Å². The fourth-order valence-corrected chi connectivity index (χ4v) is 2.65. The fourth-order valence-electron chi connectivity index (χ4n) is 2.65. The highest BCUT2D eigenvalue weighted by Gasteiger charge is 2.15. The number of nitrogens with zero attached hydrogens (tertiary/aromatic N) is 4. The van der Waals surface area contributed by atoms with Crippen LogP contribution in [0.3, 0.4) is 0 Å². The van der Waals surface area contributed by atoms with Crippen LogP contribution in [-0.4, -0.2) is 32.7 Å². The average molecular weight is 275 g/mol. The van der Waals surface area contributed by atoms with Crippen molar-refractivity contribution in [1.82, 2.24) is 24.9 Å². The molecule has 0 saturated heterocycles. The summed E-state index contributed by atoms with van der Waals surface area (Å²) in [5.74, 6) is 0. The summed E-state index contributed by atoms with van der Waals surface area (Å²) in [5, 5.41) is 12.1. The van der Waals surface area contributed by atoms with Crippen molar-refractivity contribution in [2.45, 2.75) is 39.2 Å². The highest BCUT2D eigenvalue weighted by atomic mass is 15.3. The normalized spacial score (nSPS) is 12.8. The van der Waals surface area contributed by atoms with E-state index in [1.54, 1.807) is 0 Å². The smallest absolute Gasteiger partial charge is 0.0628 e. The van der Waals surface area contributed by atoms with Gasteiger partial charge in [0.05, 0.1) is 11.9 Å². The van der Waals surface area contributed by atoms with Gasteiger partial charge < -0.3 is 5.32 Å². The van der Waals surface area contributed by atoms with Gasteiger partial charge in [0.15, 0.2) is 0 Å². The molecule has 2 heterocycles. The number of aryl methyl sites for hydroxylation is 4. The van der Waals surface area contributed by atoms with Crippen LogP contribution in [0.15, 0.2) is 12.4 Å². The Hall–Kier alpha value is -1.62. The summed E-state index contributed by atoms with van der Waals surface area (Å²) in [5.41, 5.74) is 5.08. The van der Waals surface area contributed by atoms with Crippen LogP contribution >= 0.6 is 0 Å². The van der Waals surface area contributed by atoms with Gasteiger partial charge in [-0.25, -0.2) is 0 Å². The van der Waals surface area contributed by atoms with Crippen molar-refractivity contribution in [3.8, 4) is 0 Å². The summed E-state index contributed by atoms with van der Waals surface area (Å²) in [4.78, 5) is 0. The number of hydrogen-bond donors (Lipinski definition) is 1. The van der Waals surface area contributed by atoms with Crippen molar-refractivity contribution in [1.29, 1.82) is 0 Å². The second-order valence-corrected chi connectivity index (χ2v) is 5.52. The van der Waals surface area contributed by atoms with Gasteiger partial charge in [0.1, 0.15) is 0 Å². The lowest BCUT2D eigenvalue weighted by Gasteiger charge is -2.16. The van der Waals surface area contributed by atoms with E-state index >= 15 is 0 Å². The Morgan fingerprint density at radius 3 is 2.55 bits per heavy atom. The molecule has 0 aliphatic carbocycles. The molecule has 0 bridgehead atoms. The molecule has 1 unspecified atom stereocenters. The SMILES string of the molecule is CNC(CCc1cnn(C)c1)Cc1c(C)nn(C)c1C. The summed E-state index contributed by atoms with van der Waals surface area (Å²) in [6.45, 7) is 4.24. The van der Waals surface area contributed by atoms with E-state index in [1.165, 1.54) is 16.8 Å². The molecular weight excluding hydrogens is 250 g/mol. The van der Waals surface area contributed by atoms with Gasteiger partial charge >= 0.3 is 0 Å². The summed E-state index contributed by atoms with van der Waals surface area (Å²) in [6.07, 6.45) is 7.23. The van der Waals surface area contributed by atoms with Crippen LogP contribution in [0.5, 0.6) is 0 Å². The van der Waals surface area contributed by atoms with Crippen molar-refractivity contribution in [3.63, 3.8) is 0 Å². The third kappa shape index (κ3) is 3.28. The molecule has 0 amide bonds. The van der Waals surface area contributed by atoms with Gasteiger partial charge in [-0.3, -0.25) is 9.36 Å². The molecule has 0 radical (unpaired) electrons. The topological polar surface area (TPSA) is 47.7 Å². The van der Waals surface area contributed by atoms with Crippen LogP contribution in [0.25, 0.3) is 0 Å². The van der Waals surface area contributed by atoms with Gasteiger partial charge in [-0.15, -0.1) is 0 Å². The summed E-state index contributed by atoms with van der Waals surface area (Å²) < 4.78 is 3.83. The van der Waals surface area contributed by atoms with E-state index in [-0.39, 0.29) is 0 Å². The predicted octanol–water partition coefficient (Wildman–Crippen LogP) is 1.53. The van der Waals surface area contributed by atoms with E-state index in [2.05, 4.69) is 35.6 Å². The zero-order valence-electron chi connectivity index (χ0n) is 13.1. The molecule has 0 aliphatic rings. The highest BCUT2D eigenvalue weighted by molar-refractivity contribution is 5.25. The van der Waals surface area contributed by atoms with Crippen LogP contribution < -0.4 is 5.32 Å². The zero-order chi connectivity index (χ0) is 14.7. The first kappa shape index (κ1) is 14.8. The molecule has 0 spiro atoms. The molecule has 0 saturated carbocycles. The van der Waals surface area contributed by atoms with Gasteiger partial charge in [-0.2, -0.15) is 10.2 Å². The molecule has 20 heavy (non-hydrogen) atoms. The van der Waals surface area contributed by atoms with E-state index in [1.807, 2.05) is 36.7 Å². The molecule has 2 aromatic rings. The Morgan fingerprint density at radius 1 is 1.30 bits per heavy atom. The Kier molecular flexibility index (Phi) is 4.60. The number of rotatable bonds is 6. The van der Waals surface area contributed by atoms with Crippen LogP contribution in [-0.2, 0) is 26.9 Å². The molecule has 1 N–H and O–H groups in total. The first-order chi connectivity index (χ1) is 9.51. The molecule has 1 atom stereocenters. The maximum Gasteiger partial charge on any atom is 0.0628 e. The van der Waals surface area contributed by atoms with Crippen molar-refractivity contribution >= 4 is 0 Å². The number of hydrogen-bond acceptors (Lipinski definition) is 3. The average Bonchev–Trinajstić information content (AvgIpc) is 2.92. The van der Waals surface area contributed by atoms with E-state index in [0.717, 1.165) is 25.0 Å². The minimum atomic E-state index is 0.469. The molecular formula is C15H25N5. The van der Waals surface area contributed by atoms with Crippen molar-refractivity contribution in [3.05, 3.63) is 34.9 Å². The van der Waals surface area contributed by atoms with Crippen LogP contribution in [0.2, 0.25) is 0 Å². The van der Waals surface area contributed by atoms with Crippen LogP contribution in [0, 0.1) is 13.8 Å². The number of likely N-dealkylation sites (N-methyl/N-ethyl adjacent to an activating group) is 1. The summed E-state index contributed by atoms with van der Waals surface area (Å²) in [7, 11) is 6.01. The first-order valence-corrected chi connectivity index (χ1v) is 7.15. The largest absolute Gasteiger partial charge is 0.317 e. The highest BCUT2D eigenvalue weighted by Crippen LogP contribution is 2.16. The summed E-state index contributed by atoms with van der Waals surface area (Å²) in [6, 6.07) is 0.469. The maximum atomic E-state index is 4.50. The lowest BCUT2D eigenvalue weighted by molar-refractivity contribution is 0.518. The van der Waals surface area contributed by atoms with Crippen molar-refractivity contribution in [2.75, 3.05) is 7.05 Å². The Labute approximate surface area is 121 Å². The van der Waals surface area contributed by atoms with Gasteiger partial charge in [-0.05, 0) is 51.3 Å². The predicted molar refractivity (Wildman–Crippen MR) is 80.8 cm³/mol. The molecule has 0 fully saturated rings. The minimum absolute atomic E-state index is 0.469. The monoisotopic (exact) mass is 275 g/mol. The lowest BCUT2D eigenvalue weighted by Crippen LogP contribution is -2.28. The second kappa shape index (κ2) is 6.22. The minimum Gasteiger partial charge on any atom is -0.317 e. The molecule has 0 aromatic carbocycles.